The Bertz CT molecular complexity index is 618. The molecular weight excluding hydrogens is 264 g/mol. The molecule has 0 saturated heterocycles. The van der Waals surface area contributed by atoms with Crippen molar-refractivity contribution in [2.45, 2.75) is 42.2 Å². The Kier molecular flexibility index (Phi) is 2.39. The summed E-state index contributed by atoms with van der Waals surface area (Å²) in [5.41, 5.74) is 3.65. The van der Waals surface area contributed by atoms with Gasteiger partial charge in [-0.2, -0.15) is 0 Å². The van der Waals surface area contributed by atoms with Crippen LogP contribution in [0.25, 0.3) is 0 Å². The molecule has 104 valence electrons. The first-order valence-electron chi connectivity index (χ1n) is 8.02. The molecule has 20 heavy (non-hydrogen) atoms. The zero-order valence-electron chi connectivity index (χ0n) is 11.6. The van der Waals surface area contributed by atoms with E-state index < -0.39 is 10.8 Å². The van der Waals surface area contributed by atoms with Gasteiger partial charge >= 0.3 is 0 Å². The first kappa shape index (κ1) is 11.7. The van der Waals surface area contributed by atoms with Crippen molar-refractivity contribution in [2.24, 2.45) is 23.7 Å². The number of fused-ring (bicyclic) bond motifs is 8. The average molecular weight is 284 g/mol. The van der Waals surface area contributed by atoms with Crippen LogP contribution in [-0.2, 0) is 10.8 Å². The van der Waals surface area contributed by atoms with E-state index in [4.69, 9.17) is 0 Å². The Balaban J connectivity index is 1.49. The van der Waals surface area contributed by atoms with E-state index in [1.54, 1.807) is 5.57 Å². The molecule has 0 radical (unpaired) electrons. The zero-order valence-corrected chi connectivity index (χ0v) is 12.4. The number of allylic oxidation sites excluding steroid dienone is 2. The van der Waals surface area contributed by atoms with Crippen LogP contribution in [0.1, 0.15) is 32.1 Å². The summed E-state index contributed by atoms with van der Waals surface area (Å²) in [6, 6.07) is 10.1. The predicted molar refractivity (Wildman–Crippen MR) is 80.7 cm³/mol. The minimum absolute atomic E-state index is 0.403. The molecule has 0 N–H and O–H groups in total. The van der Waals surface area contributed by atoms with Crippen LogP contribution in [-0.4, -0.2) is 9.46 Å². The van der Waals surface area contributed by atoms with Crippen molar-refractivity contribution in [3.8, 4) is 0 Å². The van der Waals surface area contributed by atoms with Crippen molar-refractivity contribution in [1.82, 2.24) is 0 Å². The van der Waals surface area contributed by atoms with Crippen molar-refractivity contribution in [3.05, 3.63) is 41.5 Å². The van der Waals surface area contributed by atoms with Gasteiger partial charge in [0.1, 0.15) is 0 Å². The molecule has 5 rings (SSSR count). The molecule has 0 spiro atoms. The third-order valence-electron chi connectivity index (χ3n) is 6.24. The molecule has 4 aliphatic carbocycles. The third-order valence-corrected chi connectivity index (χ3v) is 8.05. The lowest BCUT2D eigenvalue weighted by atomic mass is 9.82. The Morgan fingerprint density at radius 2 is 1.60 bits per heavy atom. The minimum Gasteiger partial charge on any atom is -0.254 e. The van der Waals surface area contributed by atoms with E-state index in [1.807, 2.05) is 35.9 Å². The summed E-state index contributed by atoms with van der Waals surface area (Å²) in [5, 5.41) is 0.403. The lowest BCUT2D eigenvalue weighted by Gasteiger charge is -2.29. The number of benzene rings is 1. The SMILES string of the molecule is O=[S@@](c1ccccc1)[C@H]1C[C@H]2C[C@H]1C1=C2[C@H]2CC[C@H]1C2. The Hall–Kier alpha value is -0.890. The summed E-state index contributed by atoms with van der Waals surface area (Å²) in [5.74, 6) is 3.26. The first-order chi connectivity index (χ1) is 9.83. The second kappa shape index (κ2) is 4.07. The van der Waals surface area contributed by atoms with Crippen LogP contribution in [0.2, 0.25) is 0 Å². The summed E-state index contributed by atoms with van der Waals surface area (Å²) in [4.78, 5) is 1.04. The highest BCUT2D eigenvalue weighted by molar-refractivity contribution is 7.85. The maximum Gasteiger partial charge on any atom is 0.0567 e. The Morgan fingerprint density at radius 1 is 0.850 bits per heavy atom. The van der Waals surface area contributed by atoms with E-state index in [0.29, 0.717) is 11.2 Å². The molecule has 1 aromatic carbocycles. The van der Waals surface area contributed by atoms with Crippen molar-refractivity contribution < 1.29 is 4.21 Å². The highest BCUT2D eigenvalue weighted by Crippen LogP contribution is 2.64. The highest BCUT2D eigenvalue weighted by atomic mass is 32.2. The molecule has 0 amide bonds. The molecule has 2 saturated carbocycles. The number of rotatable bonds is 2. The monoisotopic (exact) mass is 284 g/mol. The topological polar surface area (TPSA) is 17.1 Å². The predicted octanol–water partition coefficient (Wildman–Crippen LogP) is 3.93. The Morgan fingerprint density at radius 3 is 2.40 bits per heavy atom. The van der Waals surface area contributed by atoms with Crippen molar-refractivity contribution in [1.29, 1.82) is 0 Å². The molecule has 2 heteroatoms. The molecule has 2 fully saturated rings. The fourth-order valence-corrected chi connectivity index (χ4v) is 7.39. The maximum atomic E-state index is 12.9. The van der Waals surface area contributed by atoms with Gasteiger partial charge in [-0.1, -0.05) is 29.3 Å². The minimum atomic E-state index is -0.804. The smallest absolute Gasteiger partial charge is 0.0567 e. The van der Waals surface area contributed by atoms with Gasteiger partial charge in [-0.3, -0.25) is 4.21 Å². The fourth-order valence-electron chi connectivity index (χ4n) is 5.65. The lowest BCUT2D eigenvalue weighted by molar-refractivity contribution is 0.529. The van der Waals surface area contributed by atoms with Gasteiger partial charge in [-0.05, 0) is 67.9 Å². The maximum absolute atomic E-state index is 12.9. The molecule has 4 bridgehead atoms. The molecular formula is C18H20OS. The van der Waals surface area contributed by atoms with Gasteiger partial charge < -0.3 is 0 Å². The van der Waals surface area contributed by atoms with Gasteiger partial charge in [-0.15, -0.1) is 0 Å². The van der Waals surface area contributed by atoms with E-state index in [-0.39, 0.29) is 0 Å². The Labute approximate surface area is 122 Å². The van der Waals surface area contributed by atoms with Gasteiger partial charge in [-0.25, -0.2) is 0 Å². The van der Waals surface area contributed by atoms with E-state index >= 15 is 0 Å². The van der Waals surface area contributed by atoms with Gasteiger partial charge in [0, 0.05) is 10.1 Å². The average Bonchev–Trinajstić information content (AvgIpc) is 3.24. The standard InChI is InChI=1S/C18H20OS/c19-20(14-4-2-1-3-5-14)16-10-13-9-15(16)18-12-7-6-11(8-12)17(13)18/h1-5,11-13,15-16H,6-10H2/t11-,12-,13+,15+,16-,20-/m0/s1. The number of hydrogen-bond donors (Lipinski definition) is 0. The van der Waals surface area contributed by atoms with Crippen LogP contribution < -0.4 is 0 Å². The molecule has 4 aliphatic rings. The summed E-state index contributed by atoms with van der Waals surface area (Å²) >= 11 is 0. The van der Waals surface area contributed by atoms with Crippen LogP contribution in [0.15, 0.2) is 46.4 Å². The van der Waals surface area contributed by atoms with Crippen molar-refractivity contribution >= 4 is 10.8 Å². The third kappa shape index (κ3) is 1.41. The van der Waals surface area contributed by atoms with Crippen LogP contribution in [0.3, 0.4) is 0 Å². The molecule has 0 aromatic heterocycles. The second-order valence-corrected chi connectivity index (χ2v) is 8.71. The van der Waals surface area contributed by atoms with Crippen LogP contribution in [0, 0.1) is 23.7 Å². The summed E-state index contributed by atoms with van der Waals surface area (Å²) in [7, 11) is -0.804. The zero-order chi connectivity index (χ0) is 13.3. The fraction of sp³-hybridized carbons (Fsp3) is 0.556. The molecule has 1 nitrogen and oxygen atoms in total. The van der Waals surface area contributed by atoms with Crippen LogP contribution >= 0.6 is 0 Å². The first-order valence-corrected chi connectivity index (χ1v) is 9.23. The van der Waals surface area contributed by atoms with Crippen molar-refractivity contribution in [2.75, 3.05) is 0 Å². The van der Waals surface area contributed by atoms with Crippen LogP contribution in [0.5, 0.6) is 0 Å². The normalized spacial score (nSPS) is 42.3. The van der Waals surface area contributed by atoms with E-state index in [0.717, 1.165) is 22.6 Å². The van der Waals surface area contributed by atoms with E-state index in [1.165, 1.54) is 32.1 Å². The van der Waals surface area contributed by atoms with E-state index in [2.05, 4.69) is 0 Å². The van der Waals surface area contributed by atoms with Gasteiger partial charge in [0.05, 0.1) is 10.8 Å². The number of hydrogen-bond acceptors (Lipinski definition) is 1. The summed E-state index contributed by atoms with van der Waals surface area (Å²) < 4.78 is 12.9. The van der Waals surface area contributed by atoms with Gasteiger partial charge in [0.2, 0.25) is 0 Å². The molecule has 0 unspecified atom stereocenters. The van der Waals surface area contributed by atoms with Crippen molar-refractivity contribution in [3.63, 3.8) is 0 Å². The largest absolute Gasteiger partial charge is 0.254 e. The summed E-state index contributed by atoms with van der Waals surface area (Å²) in [6.45, 7) is 0. The molecule has 0 heterocycles. The molecule has 1 aromatic rings. The quantitative estimate of drug-likeness (QED) is 0.594. The van der Waals surface area contributed by atoms with Crippen LogP contribution in [0.4, 0.5) is 0 Å². The van der Waals surface area contributed by atoms with Gasteiger partial charge in [0.25, 0.3) is 0 Å². The summed E-state index contributed by atoms with van der Waals surface area (Å²) in [6.07, 6.45) is 6.80. The lowest BCUT2D eigenvalue weighted by Crippen LogP contribution is -2.27. The second-order valence-electron chi connectivity index (χ2n) is 7.04. The van der Waals surface area contributed by atoms with E-state index in [9.17, 15) is 4.21 Å². The molecule has 6 atom stereocenters. The highest BCUT2D eigenvalue weighted by Gasteiger charge is 2.55. The molecule has 0 aliphatic heterocycles. The van der Waals surface area contributed by atoms with Gasteiger partial charge in [0.15, 0.2) is 0 Å².